The quantitative estimate of drug-likeness (QED) is 0.855. The average Bonchev–Trinajstić information content (AvgIpc) is 2.93. The Labute approximate surface area is 127 Å². The van der Waals surface area contributed by atoms with E-state index in [1.807, 2.05) is 18.2 Å². The van der Waals surface area contributed by atoms with Crippen LogP contribution in [0.1, 0.15) is 5.56 Å². The van der Waals surface area contributed by atoms with E-state index in [9.17, 15) is 4.79 Å². The zero-order valence-electron chi connectivity index (χ0n) is 11.6. The van der Waals surface area contributed by atoms with Crippen LogP contribution >= 0.6 is 11.8 Å². The van der Waals surface area contributed by atoms with E-state index < -0.39 is 0 Å². The van der Waals surface area contributed by atoms with Gasteiger partial charge >= 0.3 is 0 Å². The number of hydrogen-bond donors (Lipinski definition) is 2. The average molecular weight is 300 g/mol. The number of amides is 1. The van der Waals surface area contributed by atoms with Gasteiger partial charge in [0.05, 0.1) is 23.7 Å². The maximum atomic E-state index is 12.4. The molecule has 0 spiro atoms. The largest absolute Gasteiger partial charge is 0.497 e. The van der Waals surface area contributed by atoms with Gasteiger partial charge in [-0.3, -0.25) is 4.79 Å². The third kappa shape index (κ3) is 2.83. The van der Waals surface area contributed by atoms with E-state index in [-0.39, 0.29) is 11.2 Å². The summed E-state index contributed by atoms with van der Waals surface area (Å²) in [6.07, 6.45) is 0.747. The zero-order valence-corrected chi connectivity index (χ0v) is 12.4. The molecule has 21 heavy (non-hydrogen) atoms. The van der Waals surface area contributed by atoms with Gasteiger partial charge < -0.3 is 15.8 Å². The van der Waals surface area contributed by atoms with Gasteiger partial charge in [-0.2, -0.15) is 0 Å². The van der Waals surface area contributed by atoms with E-state index in [0.29, 0.717) is 17.1 Å². The Morgan fingerprint density at radius 2 is 2.14 bits per heavy atom. The molecular weight excluding hydrogens is 284 g/mol. The fraction of sp³-hybridized carbons (Fsp3) is 0.188. The second-order valence-electron chi connectivity index (χ2n) is 4.86. The fourth-order valence-corrected chi connectivity index (χ4v) is 3.51. The van der Waals surface area contributed by atoms with Gasteiger partial charge in [0.15, 0.2) is 0 Å². The van der Waals surface area contributed by atoms with Crippen molar-refractivity contribution < 1.29 is 9.53 Å². The van der Waals surface area contributed by atoms with Crippen LogP contribution in [0.25, 0.3) is 0 Å². The summed E-state index contributed by atoms with van der Waals surface area (Å²) in [5.74, 6) is 0.637. The zero-order chi connectivity index (χ0) is 14.8. The molecule has 0 aromatic heterocycles. The van der Waals surface area contributed by atoms with E-state index in [2.05, 4.69) is 11.4 Å². The van der Waals surface area contributed by atoms with Crippen LogP contribution < -0.4 is 15.8 Å². The number of nitrogens with one attached hydrogen (secondary N) is 1. The Kier molecular flexibility index (Phi) is 3.75. The van der Waals surface area contributed by atoms with E-state index in [4.69, 9.17) is 10.5 Å². The van der Waals surface area contributed by atoms with Crippen LogP contribution in [-0.2, 0) is 11.2 Å². The number of rotatable bonds is 3. The highest BCUT2D eigenvalue weighted by molar-refractivity contribution is 8.01. The number of ether oxygens (including phenoxy) is 1. The van der Waals surface area contributed by atoms with Crippen molar-refractivity contribution in [2.45, 2.75) is 16.6 Å². The summed E-state index contributed by atoms with van der Waals surface area (Å²) in [5.41, 5.74) is 8.25. The van der Waals surface area contributed by atoms with E-state index in [0.717, 1.165) is 6.42 Å². The maximum Gasteiger partial charge on any atom is 0.238 e. The molecule has 1 amide bonds. The highest BCUT2D eigenvalue weighted by atomic mass is 32.2. The second kappa shape index (κ2) is 5.69. The number of fused-ring (bicyclic) bond motifs is 1. The molecule has 0 fully saturated rings. The number of carbonyl (C=O) groups excluding carboxylic acids is 1. The van der Waals surface area contributed by atoms with Crippen molar-refractivity contribution >= 4 is 29.0 Å². The lowest BCUT2D eigenvalue weighted by Gasteiger charge is -2.13. The summed E-state index contributed by atoms with van der Waals surface area (Å²) in [6, 6.07) is 13.3. The van der Waals surface area contributed by atoms with Crippen LogP contribution in [-0.4, -0.2) is 18.3 Å². The van der Waals surface area contributed by atoms with Crippen molar-refractivity contribution in [2.75, 3.05) is 18.2 Å². The molecule has 4 nitrogen and oxygen atoms in total. The fourth-order valence-electron chi connectivity index (χ4n) is 2.31. The minimum Gasteiger partial charge on any atom is -0.497 e. The van der Waals surface area contributed by atoms with Gasteiger partial charge in [0.25, 0.3) is 0 Å². The summed E-state index contributed by atoms with van der Waals surface area (Å²) >= 11 is 1.60. The lowest BCUT2D eigenvalue weighted by molar-refractivity contribution is -0.115. The van der Waals surface area contributed by atoms with Gasteiger partial charge in [0.1, 0.15) is 5.75 Å². The van der Waals surface area contributed by atoms with Crippen molar-refractivity contribution in [1.29, 1.82) is 0 Å². The van der Waals surface area contributed by atoms with Crippen molar-refractivity contribution in [3.63, 3.8) is 0 Å². The monoisotopic (exact) mass is 300 g/mol. The molecule has 3 rings (SSSR count). The summed E-state index contributed by atoms with van der Waals surface area (Å²) in [5, 5.41) is 2.78. The molecule has 3 N–H and O–H groups in total. The molecular formula is C16H16N2O2S. The molecule has 1 aliphatic heterocycles. The topological polar surface area (TPSA) is 64.3 Å². The van der Waals surface area contributed by atoms with Crippen molar-refractivity contribution in [3.8, 4) is 5.75 Å². The molecule has 0 radical (unpaired) electrons. The third-order valence-corrected chi connectivity index (χ3v) is 4.78. The van der Waals surface area contributed by atoms with Crippen LogP contribution in [0.4, 0.5) is 11.4 Å². The lowest BCUT2D eigenvalue weighted by atomic mass is 10.1. The number of anilines is 2. The predicted octanol–water partition coefficient (Wildman–Crippen LogP) is 2.93. The Balaban J connectivity index is 1.74. The highest BCUT2D eigenvalue weighted by Crippen LogP contribution is 2.37. The molecule has 5 heteroatoms. The molecule has 1 unspecified atom stereocenters. The van der Waals surface area contributed by atoms with Gasteiger partial charge in [0.2, 0.25) is 5.91 Å². The number of hydrogen-bond acceptors (Lipinski definition) is 4. The van der Waals surface area contributed by atoms with Crippen LogP contribution in [0, 0.1) is 0 Å². The first kappa shape index (κ1) is 13.8. The standard InChI is InChI=1S/C16H16N2O2S/c1-20-11-6-7-12(17)13(9-11)18-16(19)15-8-10-4-2-3-5-14(10)21-15/h2-7,9,15H,8,17H2,1H3,(H,18,19). The summed E-state index contributed by atoms with van der Waals surface area (Å²) in [4.78, 5) is 13.6. The van der Waals surface area contributed by atoms with Gasteiger partial charge in [-0.15, -0.1) is 11.8 Å². The number of nitrogen functional groups attached to an aromatic ring is 1. The van der Waals surface area contributed by atoms with Crippen LogP contribution in [0.3, 0.4) is 0 Å². The SMILES string of the molecule is COc1ccc(N)c(NC(=O)C2Cc3ccccc3S2)c1. The van der Waals surface area contributed by atoms with Gasteiger partial charge in [-0.1, -0.05) is 18.2 Å². The number of benzene rings is 2. The van der Waals surface area contributed by atoms with Crippen LogP contribution in [0.5, 0.6) is 5.75 Å². The molecule has 1 heterocycles. The Hall–Kier alpha value is -2.14. The summed E-state index contributed by atoms with van der Waals surface area (Å²) in [6.45, 7) is 0. The molecule has 0 saturated carbocycles. The van der Waals surface area contributed by atoms with E-state index in [1.54, 1.807) is 37.1 Å². The number of thioether (sulfide) groups is 1. The second-order valence-corrected chi connectivity index (χ2v) is 6.11. The molecule has 0 aliphatic carbocycles. The molecule has 2 aromatic carbocycles. The molecule has 2 aromatic rings. The first-order chi connectivity index (χ1) is 10.2. The van der Waals surface area contributed by atoms with Crippen LogP contribution in [0.2, 0.25) is 0 Å². The molecule has 0 saturated heterocycles. The number of methoxy groups -OCH3 is 1. The minimum atomic E-state index is -0.118. The van der Waals surface area contributed by atoms with Gasteiger partial charge in [0, 0.05) is 11.0 Å². The van der Waals surface area contributed by atoms with Gasteiger partial charge in [-0.05, 0) is 30.2 Å². The van der Waals surface area contributed by atoms with E-state index >= 15 is 0 Å². The molecule has 1 aliphatic rings. The molecule has 108 valence electrons. The molecule has 0 bridgehead atoms. The smallest absolute Gasteiger partial charge is 0.238 e. The Morgan fingerprint density at radius 1 is 1.33 bits per heavy atom. The van der Waals surface area contributed by atoms with Gasteiger partial charge in [-0.25, -0.2) is 0 Å². The van der Waals surface area contributed by atoms with Crippen LogP contribution in [0.15, 0.2) is 47.4 Å². The molecule has 1 atom stereocenters. The van der Waals surface area contributed by atoms with Crippen molar-refractivity contribution in [1.82, 2.24) is 0 Å². The normalized spacial score (nSPS) is 16.3. The van der Waals surface area contributed by atoms with Crippen molar-refractivity contribution in [2.24, 2.45) is 0 Å². The number of nitrogens with two attached hydrogens (primary N) is 1. The minimum absolute atomic E-state index is 0.0313. The third-order valence-electron chi connectivity index (χ3n) is 3.46. The first-order valence-corrected chi connectivity index (χ1v) is 7.54. The lowest BCUT2D eigenvalue weighted by Crippen LogP contribution is -2.25. The Bertz CT molecular complexity index is 663. The van der Waals surface area contributed by atoms with Crippen molar-refractivity contribution in [3.05, 3.63) is 48.0 Å². The first-order valence-electron chi connectivity index (χ1n) is 6.66. The Morgan fingerprint density at radius 3 is 2.90 bits per heavy atom. The number of carbonyl (C=O) groups is 1. The maximum absolute atomic E-state index is 12.4. The van der Waals surface area contributed by atoms with E-state index in [1.165, 1.54) is 10.5 Å². The highest BCUT2D eigenvalue weighted by Gasteiger charge is 2.28. The predicted molar refractivity (Wildman–Crippen MR) is 85.8 cm³/mol. The summed E-state index contributed by atoms with van der Waals surface area (Å²) < 4.78 is 5.16. The summed E-state index contributed by atoms with van der Waals surface area (Å²) in [7, 11) is 1.58.